The summed E-state index contributed by atoms with van der Waals surface area (Å²) in [6.07, 6.45) is 1.82. The molecule has 154 valence electrons. The van der Waals surface area contributed by atoms with E-state index in [9.17, 15) is 9.59 Å². The first-order chi connectivity index (χ1) is 14.4. The van der Waals surface area contributed by atoms with Crippen molar-refractivity contribution in [2.24, 2.45) is 0 Å². The zero-order valence-corrected chi connectivity index (χ0v) is 17.6. The van der Waals surface area contributed by atoms with Crippen LogP contribution in [0.1, 0.15) is 17.0 Å². The number of carbonyl (C=O) groups excluding carboxylic acids is 2. The molecule has 0 atom stereocenters. The van der Waals surface area contributed by atoms with E-state index >= 15 is 0 Å². The molecule has 10 heteroatoms. The van der Waals surface area contributed by atoms with E-state index in [4.69, 9.17) is 10.00 Å². The van der Waals surface area contributed by atoms with Gasteiger partial charge in [0.1, 0.15) is 6.54 Å². The number of para-hydroxylation sites is 1. The zero-order chi connectivity index (χ0) is 21.7. The summed E-state index contributed by atoms with van der Waals surface area (Å²) < 4.78 is 6.78. The minimum absolute atomic E-state index is 0.0497. The molecule has 0 radical (unpaired) electrons. The lowest BCUT2D eigenvalue weighted by atomic mass is 10.1. The van der Waals surface area contributed by atoms with Crippen molar-refractivity contribution >= 4 is 35.1 Å². The van der Waals surface area contributed by atoms with Gasteiger partial charge in [-0.15, -0.1) is 5.10 Å². The minimum atomic E-state index is -0.564. The second-order valence-corrected chi connectivity index (χ2v) is 7.16. The van der Waals surface area contributed by atoms with Gasteiger partial charge < -0.3 is 4.74 Å². The Morgan fingerprint density at radius 3 is 2.63 bits per heavy atom. The lowest BCUT2D eigenvalue weighted by Gasteiger charge is -2.19. The van der Waals surface area contributed by atoms with E-state index in [2.05, 4.69) is 15.1 Å². The molecule has 2 heterocycles. The van der Waals surface area contributed by atoms with Crippen LogP contribution in [0.3, 0.4) is 0 Å². The number of fused-ring (bicyclic) bond motifs is 1. The molecule has 1 aromatic carbocycles. The van der Waals surface area contributed by atoms with E-state index in [1.165, 1.54) is 16.7 Å². The van der Waals surface area contributed by atoms with Gasteiger partial charge in [0.15, 0.2) is 6.61 Å². The molecule has 0 aliphatic heterocycles. The number of carbonyl (C=O) groups is 2. The normalized spacial score (nSPS) is 10.6. The number of hydrogen-bond acceptors (Lipinski definition) is 8. The zero-order valence-electron chi connectivity index (χ0n) is 16.8. The van der Waals surface area contributed by atoms with Crippen molar-refractivity contribution in [1.82, 2.24) is 19.6 Å². The van der Waals surface area contributed by atoms with Crippen molar-refractivity contribution in [2.45, 2.75) is 25.4 Å². The van der Waals surface area contributed by atoms with Crippen LogP contribution in [0, 0.1) is 25.2 Å². The van der Waals surface area contributed by atoms with Crippen LogP contribution < -0.4 is 4.90 Å². The average Bonchev–Trinajstić information content (AvgIpc) is 3.17. The van der Waals surface area contributed by atoms with Crippen molar-refractivity contribution in [2.75, 3.05) is 24.3 Å². The summed E-state index contributed by atoms with van der Waals surface area (Å²) in [5.74, 6) is -0.568. The molecule has 3 rings (SSSR count). The summed E-state index contributed by atoms with van der Waals surface area (Å²) in [7, 11) is 0. The fourth-order valence-electron chi connectivity index (χ4n) is 2.95. The summed E-state index contributed by atoms with van der Waals surface area (Å²) in [6, 6.07) is 10.7. The van der Waals surface area contributed by atoms with Gasteiger partial charge in [-0.1, -0.05) is 30.0 Å². The van der Waals surface area contributed by atoms with Gasteiger partial charge in [-0.2, -0.15) is 10.2 Å². The number of anilines is 1. The maximum absolute atomic E-state index is 12.5. The first-order valence-corrected chi connectivity index (χ1v) is 10.3. The Hall–Kier alpha value is -3.45. The molecule has 9 nitrogen and oxygen atoms in total. The van der Waals surface area contributed by atoms with Gasteiger partial charge >= 0.3 is 5.97 Å². The Bertz CT molecular complexity index is 1120. The predicted molar refractivity (Wildman–Crippen MR) is 111 cm³/mol. The largest absolute Gasteiger partial charge is 0.455 e. The van der Waals surface area contributed by atoms with E-state index < -0.39 is 18.5 Å². The molecule has 30 heavy (non-hydrogen) atoms. The maximum Gasteiger partial charge on any atom is 0.310 e. The molecule has 0 spiro atoms. The van der Waals surface area contributed by atoms with E-state index in [0.29, 0.717) is 27.9 Å². The van der Waals surface area contributed by atoms with Gasteiger partial charge in [0, 0.05) is 22.6 Å². The summed E-state index contributed by atoms with van der Waals surface area (Å²) >= 11 is 1.41. The van der Waals surface area contributed by atoms with Crippen LogP contribution in [-0.2, 0) is 20.7 Å². The molecule has 0 unspecified atom stereocenters. The molecule has 2 aromatic heterocycles. The highest BCUT2D eigenvalue weighted by atomic mass is 32.2. The van der Waals surface area contributed by atoms with E-state index in [1.807, 2.05) is 25.3 Å². The van der Waals surface area contributed by atoms with E-state index in [0.717, 1.165) is 5.69 Å². The van der Waals surface area contributed by atoms with Gasteiger partial charge in [-0.3, -0.25) is 14.5 Å². The topological polar surface area (TPSA) is 113 Å². The lowest BCUT2D eigenvalue weighted by Crippen LogP contribution is -2.35. The number of benzene rings is 1. The Morgan fingerprint density at radius 1 is 1.23 bits per heavy atom. The van der Waals surface area contributed by atoms with Crippen LogP contribution in [-0.4, -0.2) is 50.9 Å². The third kappa shape index (κ3) is 4.58. The Kier molecular flexibility index (Phi) is 6.64. The monoisotopic (exact) mass is 424 g/mol. The molecule has 1 amide bonds. The van der Waals surface area contributed by atoms with E-state index in [-0.39, 0.29) is 13.0 Å². The summed E-state index contributed by atoms with van der Waals surface area (Å²) in [5.41, 5.74) is 2.63. The summed E-state index contributed by atoms with van der Waals surface area (Å²) in [5, 5.41) is 14.0. The highest BCUT2D eigenvalue weighted by Crippen LogP contribution is 2.18. The molecule has 0 aliphatic rings. The second-order valence-electron chi connectivity index (χ2n) is 6.38. The number of hydrogen-bond donors (Lipinski definition) is 0. The summed E-state index contributed by atoms with van der Waals surface area (Å²) in [6.45, 7) is 3.03. The summed E-state index contributed by atoms with van der Waals surface area (Å²) in [4.78, 5) is 34.9. The smallest absolute Gasteiger partial charge is 0.310 e. The predicted octanol–water partition coefficient (Wildman–Crippen LogP) is 2.11. The Balaban J connectivity index is 1.70. The quantitative estimate of drug-likeness (QED) is 0.322. The lowest BCUT2D eigenvalue weighted by molar-refractivity contribution is -0.147. The van der Waals surface area contributed by atoms with Gasteiger partial charge in [-0.05, 0) is 32.2 Å². The van der Waals surface area contributed by atoms with Gasteiger partial charge in [0.05, 0.1) is 12.5 Å². The molecular formula is C20H20N6O3S. The number of aromatic nitrogens is 4. The van der Waals surface area contributed by atoms with Crippen LogP contribution in [0.25, 0.3) is 5.78 Å². The van der Waals surface area contributed by atoms with Crippen molar-refractivity contribution in [1.29, 1.82) is 5.26 Å². The SMILES string of the molecule is CSc1nc2nc(C)c(CC(=O)OCC(=O)N(CC#N)c3ccccc3)c(C)n2n1. The molecule has 0 saturated carbocycles. The Labute approximate surface area is 177 Å². The number of nitrogens with zero attached hydrogens (tertiary/aromatic N) is 6. The van der Waals surface area contributed by atoms with Crippen LogP contribution in [0.4, 0.5) is 5.69 Å². The number of ether oxygens (including phenoxy) is 1. The Morgan fingerprint density at radius 2 is 1.97 bits per heavy atom. The van der Waals surface area contributed by atoms with Crippen molar-refractivity contribution in [3.05, 3.63) is 47.3 Å². The number of aryl methyl sites for hydroxylation is 2. The number of amides is 1. The molecule has 3 aromatic rings. The van der Waals surface area contributed by atoms with Crippen molar-refractivity contribution < 1.29 is 14.3 Å². The van der Waals surface area contributed by atoms with Crippen LogP contribution >= 0.6 is 11.8 Å². The second kappa shape index (κ2) is 9.37. The highest BCUT2D eigenvalue weighted by molar-refractivity contribution is 7.98. The molecule has 0 fully saturated rings. The standard InChI is InChI=1S/C20H20N6O3S/c1-13-16(14(2)26-19(22-13)23-20(24-26)30-3)11-18(28)29-12-17(27)25(10-9-21)15-7-5-4-6-8-15/h4-8H,10-12H2,1-3H3. The maximum atomic E-state index is 12.5. The van der Waals surface area contributed by atoms with E-state index in [1.54, 1.807) is 35.7 Å². The first-order valence-electron chi connectivity index (χ1n) is 9.09. The van der Waals surface area contributed by atoms with Gasteiger partial charge in [0.2, 0.25) is 5.16 Å². The van der Waals surface area contributed by atoms with Gasteiger partial charge in [0.25, 0.3) is 11.7 Å². The number of rotatable bonds is 7. The van der Waals surface area contributed by atoms with Crippen LogP contribution in [0.5, 0.6) is 0 Å². The van der Waals surface area contributed by atoms with Gasteiger partial charge in [-0.25, -0.2) is 9.50 Å². The van der Waals surface area contributed by atoms with Crippen molar-refractivity contribution in [3.8, 4) is 6.07 Å². The fraction of sp³-hybridized carbons (Fsp3) is 0.300. The molecule has 0 N–H and O–H groups in total. The molecular weight excluding hydrogens is 404 g/mol. The van der Waals surface area contributed by atoms with Crippen LogP contribution in [0.2, 0.25) is 0 Å². The third-order valence-corrected chi connectivity index (χ3v) is 5.03. The number of nitriles is 1. The van der Waals surface area contributed by atoms with Crippen molar-refractivity contribution in [3.63, 3.8) is 0 Å². The first kappa shape index (κ1) is 21.3. The molecule has 0 saturated heterocycles. The molecule has 0 bridgehead atoms. The van der Waals surface area contributed by atoms with Crippen LogP contribution in [0.15, 0.2) is 35.5 Å². The number of thioether (sulfide) groups is 1. The number of esters is 1. The third-order valence-electron chi connectivity index (χ3n) is 4.49. The fourth-order valence-corrected chi connectivity index (χ4v) is 3.29. The highest BCUT2D eigenvalue weighted by Gasteiger charge is 2.20. The minimum Gasteiger partial charge on any atom is -0.455 e. The molecule has 0 aliphatic carbocycles. The average molecular weight is 424 g/mol.